The van der Waals surface area contributed by atoms with Crippen LogP contribution in [0, 0.1) is 11.8 Å². The first kappa shape index (κ1) is 10.5. The van der Waals surface area contributed by atoms with Crippen molar-refractivity contribution in [3.05, 3.63) is 12.3 Å². The van der Waals surface area contributed by atoms with E-state index in [1.165, 1.54) is 0 Å². The van der Waals surface area contributed by atoms with E-state index in [0.29, 0.717) is 5.92 Å². The van der Waals surface area contributed by atoms with Crippen LogP contribution in [0.3, 0.4) is 0 Å². The lowest BCUT2D eigenvalue weighted by atomic mass is 9.96. The first-order valence-electron chi connectivity index (χ1n) is 4.06. The van der Waals surface area contributed by atoms with Gasteiger partial charge in [0, 0.05) is 5.92 Å². The Bertz CT molecular complexity index is 119. The quantitative estimate of drug-likeness (QED) is 0.615. The van der Waals surface area contributed by atoms with Gasteiger partial charge in [-0.05, 0) is 18.4 Å². The van der Waals surface area contributed by atoms with Gasteiger partial charge in [-0.15, -0.1) is 0 Å². The zero-order chi connectivity index (χ0) is 8.85. The summed E-state index contributed by atoms with van der Waals surface area (Å²) in [4.78, 5) is 0. The van der Waals surface area contributed by atoms with Crippen LogP contribution < -0.4 is 0 Å². The molecule has 0 rings (SSSR count). The molecule has 0 heterocycles. The minimum absolute atomic E-state index is 0.0439. The summed E-state index contributed by atoms with van der Waals surface area (Å²) < 4.78 is 0. The molecule has 0 fully saturated rings. The van der Waals surface area contributed by atoms with Gasteiger partial charge >= 0.3 is 0 Å². The lowest BCUT2D eigenvalue weighted by Gasteiger charge is -2.16. The maximum absolute atomic E-state index is 9.46. The number of aliphatic hydroxyl groups is 2. The SMILES string of the molecule is CC(C)CC(O)C(C)C=CO. The van der Waals surface area contributed by atoms with Gasteiger partial charge in [0.25, 0.3) is 0 Å². The molecule has 2 heteroatoms. The van der Waals surface area contributed by atoms with Crippen molar-refractivity contribution in [3.8, 4) is 0 Å². The summed E-state index contributed by atoms with van der Waals surface area (Å²) in [7, 11) is 0. The molecule has 0 radical (unpaired) electrons. The third-order valence-electron chi connectivity index (χ3n) is 1.71. The van der Waals surface area contributed by atoms with Gasteiger partial charge in [-0.1, -0.05) is 20.8 Å². The second-order valence-corrected chi connectivity index (χ2v) is 3.40. The van der Waals surface area contributed by atoms with Crippen LogP contribution in [0.25, 0.3) is 0 Å². The van der Waals surface area contributed by atoms with Crippen molar-refractivity contribution in [2.24, 2.45) is 11.8 Å². The Morgan fingerprint density at radius 2 is 1.82 bits per heavy atom. The van der Waals surface area contributed by atoms with Crippen LogP contribution in [0.5, 0.6) is 0 Å². The highest BCUT2D eigenvalue weighted by molar-refractivity contribution is 4.84. The topological polar surface area (TPSA) is 40.5 Å². The van der Waals surface area contributed by atoms with Gasteiger partial charge in [-0.2, -0.15) is 0 Å². The van der Waals surface area contributed by atoms with Gasteiger partial charge < -0.3 is 10.2 Å². The molecule has 0 aliphatic rings. The maximum atomic E-state index is 9.46. The van der Waals surface area contributed by atoms with E-state index in [4.69, 9.17) is 5.11 Å². The predicted octanol–water partition coefficient (Wildman–Crippen LogP) is 2.10. The summed E-state index contributed by atoms with van der Waals surface area (Å²) in [5, 5.41) is 17.9. The zero-order valence-corrected chi connectivity index (χ0v) is 7.49. The van der Waals surface area contributed by atoms with Crippen molar-refractivity contribution >= 4 is 0 Å². The van der Waals surface area contributed by atoms with Crippen molar-refractivity contribution in [3.63, 3.8) is 0 Å². The summed E-state index contributed by atoms with van der Waals surface area (Å²) >= 11 is 0. The largest absolute Gasteiger partial charge is 0.516 e. The van der Waals surface area contributed by atoms with E-state index in [1.807, 2.05) is 6.92 Å². The highest BCUT2D eigenvalue weighted by Gasteiger charge is 2.12. The molecule has 11 heavy (non-hydrogen) atoms. The van der Waals surface area contributed by atoms with Gasteiger partial charge in [0.15, 0.2) is 0 Å². The third kappa shape index (κ3) is 4.85. The molecule has 0 aliphatic carbocycles. The number of rotatable bonds is 4. The second-order valence-electron chi connectivity index (χ2n) is 3.40. The molecule has 0 saturated carbocycles. The molecule has 0 bridgehead atoms. The average Bonchev–Trinajstić information content (AvgIpc) is 1.86. The van der Waals surface area contributed by atoms with Crippen molar-refractivity contribution in [2.75, 3.05) is 0 Å². The molecule has 0 amide bonds. The van der Waals surface area contributed by atoms with E-state index in [9.17, 15) is 5.11 Å². The molecular weight excluding hydrogens is 140 g/mol. The van der Waals surface area contributed by atoms with Crippen molar-refractivity contribution < 1.29 is 10.2 Å². The van der Waals surface area contributed by atoms with E-state index in [-0.39, 0.29) is 12.0 Å². The van der Waals surface area contributed by atoms with E-state index >= 15 is 0 Å². The van der Waals surface area contributed by atoms with E-state index in [1.54, 1.807) is 6.08 Å². The van der Waals surface area contributed by atoms with Crippen LogP contribution >= 0.6 is 0 Å². The third-order valence-corrected chi connectivity index (χ3v) is 1.71. The first-order valence-corrected chi connectivity index (χ1v) is 4.06. The molecule has 0 aromatic rings. The lowest BCUT2D eigenvalue weighted by Crippen LogP contribution is -2.17. The standard InChI is InChI=1S/C9H18O2/c1-7(2)6-9(11)8(3)4-5-10/h4-5,7-11H,6H2,1-3H3. The second kappa shape index (κ2) is 5.19. The molecule has 0 aromatic carbocycles. The zero-order valence-electron chi connectivity index (χ0n) is 7.49. The van der Waals surface area contributed by atoms with E-state index < -0.39 is 0 Å². The molecule has 0 aromatic heterocycles. The minimum atomic E-state index is -0.335. The van der Waals surface area contributed by atoms with Crippen molar-refractivity contribution in [2.45, 2.75) is 33.3 Å². The Hall–Kier alpha value is -0.500. The van der Waals surface area contributed by atoms with Crippen LogP contribution in [0.1, 0.15) is 27.2 Å². The highest BCUT2D eigenvalue weighted by Crippen LogP contribution is 2.13. The smallest absolute Gasteiger partial charge is 0.0755 e. The Kier molecular flexibility index (Phi) is 4.95. The molecule has 2 N–H and O–H groups in total. The van der Waals surface area contributed by atoms with Crippen molar-refractivity contribution in [1.82, 2.24) is 0 Å². The summed E-state index contributed by atoms with van der Waals surface area (Å²) in [5.74, 6) is 0.543. The average molecular weight is 158 g/mol. The minimum Gasteiger partial charge on any atom is -0.516 e. The summed E-state index contributed by atoms with van der Waals surface area (Å²) in [6, 6.07) is 0. The molecule has 0 aliphatic heterocycles. The molecular formula is C9H18O2. The van der Waals surface area contributed by atoms with Gasteiger partial charge in [-0.3, -0.25) is 0 Å². The molecule has 2 unspecified atom stereocenters. The monoisotopic (exact) mass is 158 g/mol. The van der Waals surface area contributed by atoms with Gasteiger partial charge in [0.2, 0.25) is 0 Å². The fourth-order valence-corrected chi connectivity index (χ4v) is 0.962. The van der Waals surface area contributed by atoms with Crippen molar-refractivity contribution in [1.29, 1.82) is 0 Å². The molecule has 0 saturated heterocycles. The summed E-state index contributed by atoms with van der Waals surface area (Å²) in [5.41, 5.74) is 0. The van der Waals surface area contributed by atoms with Crippen LogP contribution in [-0.2, 0) is 0 Å². The maximum Gasteiger partial charge on any atom is 0.0755 e. The van der Waals surface area contributed by atoms with Gasteiger partial charge in [0.1, 0.15) is 0 Å². The number of hydrogen-bond donors (Lipinski definition) is 2. The predicted molar refractivity (Wildman–Crippen MR) is 46.4 cm³/mol. The molecule has 2 atom stereocenters. The normalized spacial score (nSPS) is 17.5. The highest BCUT2D eigenvalue weighted by atomic mass is 16.3. The Morgan fingerprint density at radius 1 is 1.27 bits per heavy atom. The molecule has 2 nitrogen and oxygen atoms in total. The van der Waals surface area contributed by atoms with Crippen LogP contribution in [0.15, 0.2) is 12.3 Å². The van der Waals surface area contributed by atoms with Gasteiger partial charge in [0.05, 0.1) is 12.4 Å². The van der Waals surface area contributed by atoms with Crippen LogP contribution in [0.2, 0.25) is 0 Å². The molecule has 0 spiro atoms. The Balaban J connectivity index is 3.72. The lowest BCUT2D eigenvalue weighted by molar-refractivity contribution is 0.113. The fraction of sp³-hybridized carbons (Fsp3) is 0.778. The Morgan fingerprint density at radius 3 is 2.18 bits per heavy atom. The first-order chi connectivity index (χ1) is 5.07. The summed E-state index contributed by atoms with van der Waals surface area (Å²) in [6.45, 7) is 6.02. The van der Waals surface area contributed by atoms with Crippen LogP contribution in [0.4, 0.5) is 0 Å². The molecule has 66 valence electrons. The van der Waals surface area contributed by atoms with E-state index in [0.717, 1.165) is 12.7 Å². The Labute approximate surface area is 68.6 Å². The van der Waals surface area contributed by atoms with Crippen LogP contribution in [-0.4, -0.2) is 16.3 Å². The number of hydrogen-bond acceptors (Lipinski definition) is 2. The number of aliphatic hydroxyl groups excluding tert-OH is 2. The van der Waals surface area contributed by atoms with E-state index in [2.05, 4.69) is 13.8 Å². The summed E-state index contributed by atoms with van der Waals surface area (Å²) in [6.07, 6.45) is 3.05. The fourth-order valence-electron chi connectivity index (χ4n) is 0.962. The van der Waals surface area contributed by atoms with Gasteiger partial charge in [-0.25, -0.2) is 0 Å².